The summed E-state index contributed by atoms with van der Waals surface area (Å²) in [5.74, 6) is -0.825. The number of carboxylic acid groups (broad SMARTS) is 1. The van der Waals surface area contributed by atoms with Gasteiger partial charge in [-0.2, -0.15) is 0 Å². The van der Waals surface area contributed by atoms with Crippen molar-refractivity contribution in [3.63, 3.8) is 0 Å². The molecule has 0 amide bonds. The van der Waals surface area contributed by atoms with Crippen molar-refractivity contribution in [3.05, 3.63) is 71.3 Å². The van der Waals surface area contributed by atoms with Crippen LogP contribution >= 0.6 is 0 Å². The van der Waals surface area contributed by atoms with Gasteiger partial charge in [-0.1, -0.05) is 30.3 Å². The average Bonchev–Trinajstić information content (AvgIpc) is 2.58. The first kappa shape index (κ1) is 16.5. The molecule has 0 saturated carbocycles. The van der Waals surface area contributed by atoms with Crippen LogP contribution in [0.25, 0.3) is 6.08 Å². The van der Waals surface area contributed by atoms with Gasteiger partial charge >= 0.3 is 5.97 Å². The van der Waals surface area contributed by atoms with E-state index in [0.29, 0.717) is 11.3 Å². The molecule has 0 atom stereocenters. The number of benzene rings is 2. The van der Waals surface area contributed by atoms with E-state index in [1.165, 1.54) is 6.08 Å². The standard InChI is InChI=1S/C18H16O5/c19-11-14-3-1-13(2-4-14)5-10-17(20)15-6-8-16(9-7-15)23-12-18(21)22/h1-10,19H,11-12H2,(H,21,22)/b10-5+. The molecule has 0 aliphatic carbocycles. The lowest BCUT2D eigenvalue weighted by molar-refractivity contribution is -0.139. The first-order valence-corrected chi connectivity index (χ1v) is 6.95. The lowest BCUT2D eigenvalue weighted by Crippen LogP contribution is -2.09. The fraction of sp³-hybridized carbons (Fsp3) is 0.111. The zero-order valence-electron chi connectivity index (χ0n) is 12.3. The molecule has 0 radical (unpaired) electrons. The van der Waals surface area contributed by atoms with E-state index in [1.54, 1.807) is 42.5 Å². The van der Waals surface area contributed by atoms with Gasteiger partial charge in [-0.25, -0.2) is 4.79 Å². The van der Waals surface area contributed by atoms with Crippen LogP contribution in [0.2, 0.25) is 0 Å². The maximum Gasteiger partial charge on any atom is 0.341 e. The van der Waals surface area contributed by atoms with Gasteiger partial charge in [0.25, 0.3) is 0 Å². The van der Waals surface area contributed by atoms with Gasteiger partial charge in [-0.15, -0.1) is 0 Å². The maximum atomic E-state index is 12.1. The summed E-state index contributed by atoms with van der Waals surface area (Å²) in [4.78, 5) is 22.5. The maximum absolute atomic E-state index is 12.1. The molecule has 2 rings (SSSR count). The van der Waals surface area contributed by atoms with Gasteiger partial charge in [0.1, 0.15) is 5.75 Å². The molecule has 0 unspecified atom stereocenters. The van der Waals surface area contributed by atoms with Gasteiger partial charge < -0.3 is 14.9 Å². The first-order chi connectivity index (χ1) is 11.1. The summed E-state index contributed by atoms with van der Waals surface area (Å²) in [7, 11) is 0. The third kappa shape index (κ3) is 5.09. The minimum Gasteiger partial charge on any atom is -0.482 e. The minimum atomic E-state index is -1.06. The highest BCUT2D eigenvalue weighted by Gasteiger charge is 2.03. The minimum absolute atomic E-state index is 0.0147. The van der Waals surface area contributed by atoms with E-state index in [-0.39, 0.29) is 12.4 Å². The molecule has 0 spiro atoms. The van der Waals surface area contributed by atoms with Gasteiger partial charge in [-0.3, -0.25) is 4.79 Å². The fourth-order valence-electron chi connectivity index (χ4n) is 1.86. The van der Waals surface area contributed by atoms with Crippen molar-refractivity contribution >= 4 is 17.8 Å². The van der Waals surface area contributed by atoms with Crippen molar-refractivity contribution in [2.24, 2.45) is 0 Å². The van der Waals surface area contributed by atoms with E-state index in [1.807, 2.05) is 12.1 Å². The van der Waals surface area contributed by atoms with Crippen molar-refractivity contribution in [1.82, 2.24) is 0 Å². The van der Waals surface area contributed by atoms with Crippen molar-refractivity contribution in [3.8, 4) is 5.75 Å². The molecule has 5 nitrogen and oxygen atoms in total. The number of aliphatic hydroxyl groups excluding tert-OH is 1. The number of aliphatic hydroxyl groups is 1. The molecule has 2 aromatic carbocycles. The highest BCUT2D eigenvalue weighted by Crippen LogP contribution is 2.14. The number of hydrogen-bond acceptors (Lipinski definition) is 4. The van der Waals surface area contributed by atoms with Crippen LogP contribution in [0.5, 0.6) is 5.75 Å². The Hall–Kier alpha value is -2.92. The largest absolute Gasteiger partial charge is 0.482 e. The van der Waals surface area contributed by atoms with E-state index in [4.69, 9.17) is 14.9 Å². The highest BCUT2D eigenvalue weighted by atomic mass is 16.5. The van der Waals surface area contributed by atoms with Crippen LogP contribution in [-0.2, 0) is 11.4 Å². The van der Waals surface area contributed by atoms with Crippen LogP contribution in [0.1, 0.15) is 21.5 Å². The van der Waals surface area contributed by atoms with Crippen molar-refractivity contribution in [1.29, 1.82) is 0 Å². The fourth-order valence-corrected chi connectivity index (χ4v) is 1.86. The quantitative estimate of drug-likeness (QED) is 0.606. The molecule has 2 aromatic rings. The second kappa shape index (κ2) is 7.91. The number of rotatable bonds is 7. The molecular formula is C18H16O5. The van der Waals surface area contributed by atoms with Crippen molar-refractivity contribution in [2.75, 3.05) is 6.61 Å². The lowest BCUT2D eigenvalue weighted by atomic mass is 10.1. The predicted octanol–water partition coefficient (Wildman–Crippen LogP) is 2.54. The molecule has 118 valence electrons. The second-order valence-corrected chi connectivity index (χ2v) is 4.80. The van der Waals surface area contributed by atoms with Crippen LogP contribution in [0.15, 0.2) is 54.6 Å². The topological polar surface area (TPSA) is 83.8 Å². The Balaban J connectivity index is 1.99. The van der Waals surface area contributed by atoms with Gasteiger partial charge in [0.2, 0.25) is 0 Å². The number of carbonyl (C=O) groups is 2. The van der Waals surface area contributed by atoms with Crippen LogP contribution in [0.3, 0.4) is 0 Å². The molecule has 0 fully saturated rings. The molecule has 0 aliphatic heterocycles. The van der Waals surface area contributed by atoms with E-state index in [2.05, 4.69) is 0 Å². The van der Waals surface area contributed by atoms with Gasteiger partial charge in [0, 0.05) is 5.56 Å². The Morgan fingerprint density at radius 2 is 1.65 bits per heavy atom. The Morgan fingerprint density at radius 3 is 2.22 bits per heavy atom. The van der Waals surface area contributed by atoms with E-state index in [9.17, 15) is 9.59 Å². The molecule has 0 heterocycles. The van der Waals surface area contributed by atoms with Gasteiger partial charge in [0.05, 0.1) is 6.61 Å². The smallest absolute Gasteiger partial charge is 0.341 e. The normalized spacial score (nSPS) is 10.7. The molecule has 0 aromatic heterocycles. The van der Waals surface area contributed by atoms with Crippen LogP contribution < -0.4 is 4.74 Å². The Labute approximate surface area is 133 Å². The van der Waals surface area contributed by atoms with Crippen molar-refractivity contribution < 1.29 is 24.5 Å². The Morgan fingerprint density at radius 1 is 1.00 bits per heavy atom. The summed E-state index contributed by atoms with van der Waals surface area (Å²) in [5.41, 5.74) is 2.15. The average molecular weight is 312 g/mol. The summed E-state index contributed by atoms with van der Waals surface area (Å²) >= 11 is 0. The number of hydrogen-bond donors (Lipinski definition) is 2. The monoisotopic (exact) mass is 312 g/mol. The number of aliphatic carboxylic acids is 1. The van der Waals surface area contributed by atoms with Crippen LogP contribution in [-0.4, -0.2) is 28.6 Å². The molecule has 5 heteroatoms. The van der Waals surface area contributed by atoms with Crippen molar-refractivity contribution in [2.45, 2.75) is 6.61 Å². The number of ketones is 1. The Bertz CT molecular complexity index is 699. The van der Waals surface area contributed by atoms with Crippen LogP contribution in [0, 0.1) is 0 Å². The highest BCUT2D eigenvalue weighted by molar-refractivity contribution is 6.06. The molecule has 0 saturated heterocycles. The number of allylic oxidation sites excluding steroid dienone is 1. The summed E-state index contributed by atoms with van der Waals surface area (Å²) in [6.45, 7) is -0.434. The Kier molecular flexibility index (Phi) is 5.66. The first-order valence-electron chi connectivity index (χ1n) is 6.95. The molecule has 0 bridgehead atoms. The number of carbonyl (C=O) groups excluding carboxylic acids is 1. The van der Waals surface area contributed by atoms with E-state index < -0.39 is 12.6 Å². The molecule has 0 aliphatic rings. The SMILES string of the molecule is O=C(O)COc1ccc(C(=O)/C=C/c2ccc(CO)cc2)cc1. The molecule has 2 N–H and O–H groups in total. The third-order valence-electron chi connectivity index (χ3n) is 3.09. The number of ether oxygens (including phenoxy) is 1. The van der Waals surface area contributed by atoms with Gasteiger partial charge in [-0.05, 0) is 41.5 Å². The summed E-state index contributed by atoms with van der Waals surface area (Å²) < 4.78 is 5.00. The van der Waals surface area contributed by atoms with E-state index >= 15 is 0 Å². The number of carboxylic acids is 1. The zero-order valence-corrected chi connectivity index (χ0v) is 12.3. The molecular weight excluding hydrogens is 296 g/mol. The zero-order chi connectivity index (χ0) is 16.7. The lowest BCUT2D eigenvalue weighted by Gasteiger charge is -2.03. The van der Waals surface area contributed by atoms with Gasteiger partial charge in [0.15, 0.2) is 12.4 Å². The summed E-state index contributed by atoms with van der Waals surface area (Å²) in [6, 6.07) is 13.5. The second-order valence-electron chi connectivity index (χ2n) is 4.80. The summed E-state index contributed by atoms with van der Waals surface area (Å²) in [6.07, 6.45) is 3.15. The van der Waals surface area contributed by atoms with Crippen LogP contribution in [0.4, 0.5) is 0 Å². The third-order valence-corrected chi connectivity index (χ3v) is 3.09. The molecule has 23 heavy (non-hydrogen) atoms. The predicted molar refractivity (Wildman–Crippen MR) is 85.3 cm³/mol. The van der Waals surface area contributed by atoms with E-state index in [0.717, 1.165) is 11.1 Å². The summed E-state index contributed by atoms with van der Waals surface area (Å²) in [5, 5.41) is 17.5.